The molecule has 0 bridgehead atoms. The lowest BCUT2D eigenvalue weighted by Crippen LogP contribution is -2.26. The number of nitrogens with one attached hydrogen (secondary N) is 1. The molecule has 0 unspecified atom stereocenters. The zero-order valence-electron chi connectivity index (χ0n) is 11.1. The molecule has 2 aromatic rings. The van der Waals surface area contributed by atoms with Gasteiger partial charge in [0.25, 0.3) is 0 Å². The van der Waals surface area contributed by atoms with Crippen LogP contribution in [0.15, 0.2) is 57.9 Å². The molecule has 0 saturated heterocycles. The monoisotopic (exact) mass is 353 g/mol. The van der Waals surface area contributed by atoms with Crippen molar-refractivity contribution in [1.82, 2.24) is 4.72 Å². The van der Waals surface area contributed by atoms with Crippen molar-refractivity contribution in [3.8, 4) is 0 Å². The van der Waals surface area contributed by atoms with Gasteiger partial charge in [-0.2, -0.15) is 0 Å². The van der Waals surface area contributed by atoms with Crippen LogP contribution in [0.5, 0.6) is 0 Å². The molecule has 0 saturated carbocycles. The SMILES string of the molecule is Cc1ccccc1CCNS(=O)(=O)c1ccc(Br)cc1. The van der Waals surface area contributed by atoms with E-state index in [1.807, 2.05) is 31.2 Å². The fourth-order valence-corrected chi connectivity index (χ4v) is 3.20. The van der Waals surface area contributed by atoms with Crippen LogP contribution in [0.25, 0.3) is 0 Å². The van der Waals surface area contributed by atoms with Crippen LogP contribution in [0.1, 0.15) is 11.1 Å². The second kappa shape index (κ2) is 6.52. The van der Waals surface area contributed by atoms with Gasteiger partial charge in [-0.05, 0) is 48.7 Å². The molecule has 2 aromatic carbocycles. The Bertz CT molecular complexity index is 681. The van der Waals surface area contributed by atoms with Crippen molar-refractivity contribution >= 4 is 26.0 Å². The molecule has 2 rings (SSSR count). The van der Waals surface area contributed by atoms with Crippen LogP contribution in [0.4, 0.5) is 0 Å². The number of sulfonamides is 1. The van der Waals surface area contributed by atoms with Gasteiger partial charge in [-0.3, -0.25) is 0 Å². The largest absolute Gasteiger partial charge is 0.240 e. The molecule has 0 atom stereocenters. The van der Waals surface area contributed by atoms with Crippen molar-refractivity contribution in [2.75, 3.05) is 6.54 Å². The van der Waals surface area contributed by atoms with E-state index in [9.17, 15) is 8.42 Å². The van der Waals surface area contributed by atoms with E-state index in [1.54, 1.807) is 24.3 Å². The van der Waals surface area contributed by atoms with E-state index in [-0.39, 0.29) is 4.90 Å². The van der Waals surface area contributed by atoms with Gasteiger partial charge in [0, 0.05) is 11.0 Å². The van der Waals surface area contributed by atoms with E-state index in [1.165, 1.54) is 5.56 Å². The summed E-state index contributed by atoms with van der Waals surface area (Å²) in [6, 6.07) is 14.6. The Balaban J connectivity index is 2.00. The Morgan fingerprint density at radius 1 is 1.05 bits per heavy atom. The molecule has 1 N–H and O–H groups in total. The zero-order valence-corrected chi connectivity index (χ0v) is 13.5. The summed E-state index contributed by atoms with van der Waals surface area (Å²) in [4.78, 5) is 0.283. The number of aryl methyl sites for hydroxylation is 1. The van der Waals surface area contributed by atoms with E-state index in [0.29, 0.717) is 13.0 Å². The maximum Gasteiger partial charge on any atom is 0.240 e. The summed E-state index contributed by atoms with van der Waals surface area (Å²) in [6.07, 6.45) is 0.683. The first-order chi connectivity index (χ1) is 9.49. The average molecular weight is 354 g/mol. The van der Waals surface area contributed by atoms with Gasteiger partial charge in [0.15, 0.2) is 0 Å². The Morgan fingerprint density at radius 3 is 2.35 bits per heavy atom. The fourth-order valence-electron chi connectivity index (χ4n) is 1.91. The molecule has 0 amide bonds. The fraction of sp³-hybridized carbons (Fsp3) is 0.200. The summed E-state index contributed by atoms with van der Waals surface area (Å²) in [5.41, 5.74) is 2.33. The van der Waals surface area contributed by atoms with Crippen LogP contribution in [0.3, 0.4) is 0 Å². The van der Waals surface area contributed by atoms with Crippen LogP contribution < -0.4 is 4.72 Å². The van der Waals surface area contributed by atoms with E-state index in [4.69, 9.17) is 0 Å². The summed E-state index contributed by atoms with van der Waals surface area (Å²) >= 11 is 3.29. The minimum Gasteiger partial charge on any atom is -0.211 e. The van der Waals surface area contributed by atoms with Crippen LogP contribution >= 0.6 is 15.9 Å². The molecule has 0 aliphatic rings. The van der Waals surface area contributed by atoms with Crippen LogP contribution in [0, 0.1) is 6.92 Å². The van der Waals surface area contributed by atoms with Gasteiger partial charge < -0.3 is 0 Å². The van der Waals surface area contributed by atoms with Gasteiger partial charge in [0.1, 0.15) is 0 Å². The molecular formula is C15H16BrNO2S. The maximum absolute atomic E-state index is 12.1. The van der Waals surface area contributed by atoms with Crippen molar-refractivity contribution in [1.29, 1.82) is 0 Å². The van der Waals surface area contributed by atoms with Gasteiger partial charge in [-0.1, -0.05) is 40.2 Å². The lowest BCUT2D eigenvalue weighted by Gasteiger charge is -2.08. The zero-order chi connectivity index (χ0) is 14.6. The Labute approximate surface area is 128 Å². The summed E-state index contributed by atoms with van der Waals surface area (Å²) in [6.45, 7) is 2.42. The number of hydrogen-bond donors (Lipinski definition) is 1. The summed E-state index contributed by atoms with van der Waals surface area (Å²) in [5.74, 6) is 0. The molecule has 0 aliphatic carbocycles. The highest BCUT2D eigenvalue weighted by molar-refractivity contribution is 9.10. The molecule has 0 heterocycles. The second-order valence-electron chi connectivity index (χ2n) is 4.53. The normalized spacial score (nSPS) is 11.5. The lowest BCUT2D eigenvalue weighted by atomic mass is 10.1. The standard InChI is InChI=1S/C15H16BrNO2S/c1-12-4-2-3-5-13(12)10-11-17-20(18,19)15-8-6-14(16)7-9-15/h2-9,17H,10-11H2,1H3. The number of hydrogen-bond acceptors (Lipinski definition) is 2. The van der Waals surface area contributed by atoms with E-state index >= 15 is 0 Å². The number of benzene rings is 2. The number of halogens is 1. The van der Waals surface area contributed by atoms with Crippen molar-refractivity contribution in [2.24, 2.45) is 0 Å². The van der Waals surface area contributed by atoms with Gasteiger partial charge >= 0.3 is 0 Å². The number of rotatable bonds is 5. The quantitative estimate of drug-likeness (QED) is 0.896. The van der Waals surface area contributed by atoms with Crippen molar-refractivity contribution < 1.29 is 8.42 Å². The molecule has 0 aliphatic heterocycles. The van der Waals surface area contributed by atoms with Gasteiger partial charge in [-0.25, -0.2) is 13.1 Å². The second-order valence-corrected chi connectivity index (χ2v) is 7.21. The van der Waals surface area contributed by atoms with Gasteiger partial charge in [0.05, 0.1) is 4.90 Å². The average Bonchev–Trinajstić information content (AvgIpc) is 2.41. The van der Waals surface area contributed by atoms with Gasteiger partial charge in [0.2, 0.25) is 10.0 Å². The molecular weight excluding hydrogens is 338 g/mol. The molecule has 0 spiro atoms. The van der Waals surface area contributed by atoms with Crippen LogP contribution in [0.2, 0.25) is 0 Å². The highest BCUT2D eigenvalue weighted by Crippen LogP contribution is 2.14. The minimum atomic E-state index is -3.43. The molecule has 0 radical (unpaired) electrons. The van der Waals surface area contributed by atoms with Crippen LogP contribution in [-0.2, 0) is 16.4 Å². The first-order valence-corrected chi connectivity index (χ1v) is 8.56. The summed E-state index contributed by atoms with van der Waals surface area (Å²) in [5, 5.41) is 0. The highest BCUT2D eigenvalue weighted by atomic mass is 79.9. The lowest BCUT2D eigenvalue weighted by molar-refractivity contribution is 0.581. The molecule has 0 fully saturated rings. The van der Waals surface area contributed by atoms with Crippen molar-refractivity contribution in [3.05, 3.63) is 64.1 Å². The smallest absolute Gasteiger partial charge is 0.211 e. The molecule has 20 heavy (non-hydrogen) atoms. The van der Waals surface area contributed by atoms with E-state index in [2.05, 4.69) is 20.7 Å². The first-order valence-electron chi connectivity index (χ1n) is 6.29. The minimum absolute atomic E-state index is 0.283. The van der Waals surface area contributed by atoms with E-state index in [0.717, 1.165) is 10.0 Å². The first kappa shape index (κ1) is 15.2. The Kier molecular flexibility index (Phi) is 4.96. The topological polar surface area (TPSA) is 46.2 Å². The third kappa shape index (κ3) is 3.91. The molecule has 106 valence electrons. The predicted octanol–water partition coefficient (Wildman–Crippen LogP) is 3.28. The molecule has 0 aromatic heterocycles. The molecule has 3 nitrogen and oxygen atoms in total. The molecule has 5 heteroatoms. The Morgan fingerprint density at radius 2 is 1.70 bits per heavy atom. The predicted molar refractivity (Wildman–Crippen MR) is 84.2 cm³/mol. The Hall–Kier alpha value is -1.17. The summed E-state index contributed by atoms with van der Waals surface area (Å²) in [7, 11) is -3.43. The van der Waals surface area contributed by atoms with Crippen molar-refractivity contribution in [3.63, 3.8) is 0 Å². The maximum atomic E-state index is 12.1. The third-order valence-corrected chi connectivity index (χ3v) is 5.08. The van der Waals surface area contributed by atoms with Crippen molar-refractivity contribution in [2.45, 2.75) is 18.2 Å². The van der Waals surface area contributed by atoms with Gasteiger partial charge in [-0.15, -0.1) is 0 Å². The van der Waals surface area contributed by atoms with E-state index < -0.39 is 10.0 Å². The highest BCUT2D eigenvalue weighted by Gasteiger charge is 2.12. The third-order valence-electron chi connectivity index (χ3n) is 3.07. The van der Waals surface area contributed by atoms with Crippen LogP contribution in [-0.4, -0.2) is 15.0 Å². The summed E-state index contributed by atoms with van der Waals surface area (Å²) < 4.78 is 27.7.